The Kier molecular flexibility index (Phi) is 5.68. The van der Waals surface area contributed by atoms with Crippen molar-refractivity contribution in [1.29, 1.82) is 0 Å². The second-order valence-electron chi connectivity index (χ2n) is 6.26. The highest BCUT2D eigenvalue weighted by molar-refractivity contribution is 5.84. The van der Waals surface area contributed by atoms with Crippen molar-refractivity contribution >= 4 is 5.91 Å². The Bertz CT molecular complexity index is 286. The molecule has 2 aliphatic rings. The number of nitrogens with zero attached hydrogens (tertiary/aromatic N) is 1. The Hall–Kier alpha value is -0.570. The third-order valence-electron chi connectivity index (χ3n) is 4.82. The Balaban J connectivity index is 1.84. The second-order valence-corrected chi connectivity index (χ2v) is 6.26. The lowest BCUT2D eigenvalue weighted by atomic mass is 9.87. The average molecular weight is 266 g/mol. The van der Waals surface area contributed by atoms with Crippen molar-refractivity contribution in [3.8, 4) is 0 Å². The zero-order chi connectivity index (χ0) is 13.7. The highest BCUT2D eigenvalue weighted by Crippen LogP contribution is 2.27. The van der Waals surface area contributed by atoms with E-state index >= 15 is 0 Å². The summed E-state index contributed by atoms with van der Waals surface area (Å²) in [4.78, 5) is 14.5. The predicted octanol–water partition coefficient (Wildman–Crippen LogP) is 3.29. The van der Waals surface area contributed by atoms with Crippen molar-refractivity contribution in [1.82, 2.24) is 10.2 Å². The van der Waals surface area contributed by atoms with Crippen LogP contribution in [0.4, 0.5) is 0 Å². The number of carbonyl (C=O) groups is 1. The molecule has 0 aromatic carbocycles. The molecule has 19 heavy (non-hydrogen) atoms. The Morgan fingerprint density at radius 3 is 2.53 bits per heavy atom. The van der Waals surface area contributed by atoms with Gasteiger partial charge in [0, 0.05) is 6.54 Å². The Labute approximate surface area is 118 Å². The van der Waals surface area contributed by atoms with Gasteiger partial charge in [-0.25, -0.2) is 0 Å². The smallest absolute Gasteiger partial charge is 0.241 e. The Morgan fingerprint density at radius 1 is 1.16 bits per heavy atom. The molecule has 0 aromatic rings. The van der Waals surface area contributed by atoms with Crippen molar-refractivity contribution in [2.24, 2.45) is 5.92 Å². The summed E-state index contributed by atoms with van der Waals surface area (Å²) in [6.45, 7) is 5.29. The van der Waals surface area contributed by atoms with Crippen molar-refractivity contribution in [3.63, 3.8) is 0 Å². The zero-order valence-electron chi connectivity index (χ0n) is 12.7. The minimum absolute atomic E-state index is 0.0845. The van der Waals surface area contributed by atoms with Crippen molar-refractivity contribution in [3.05, 3.63) is 0 Å². The van der Waals surface area contributed by atoms with Gasteiger partial charge in [0.15, 0.2) is 0 Å². The van der Waals surface area contributed by atoms with Gasteiger partial charge in [-0.3, -0.25) is 10.1 Å². The van der Waals surface area contributed by atoms with Crippen molar-refractivity contribution in [2.75, 3.05) is 6.54 Å². The van der Waals surface area contributed by atoms with Gasteiger partial charge in [0.1, 0.15) is 0 Å². The normalized spacial score (nSPS) is 29.2. The third-order valence-corrected chi connectivity index (χ3v) is 4.82. The summed E-state index contributed by atoms with van der Waals surface area (Å²) in [7, 11) is 0. The van der Waals surface area contributed by atoms with Crippen LogP contribution in [0.15, 0.2) is 0 Å². The molecule has 110 valence electrons. The topological polar surface area (TPSA) is 32.3 Å². The van der Waals surface area contributed by atoms with E-state index < -0.39 is 0 Å². The summed E-state index contributed by atoms with van der Waals surface area (Å²) >= 11 is 0. The first-order chi connectivity index (χ1) is 9.26. The minimum Gasteiger partial charge on any atom is -0.326 e. The molecule has 2 atom stereocenters. The highest BCUT2D eigenvalue weighted by atomic mass is 16.2. The van der Waals surface area contributed by atoms with Gasteiger partial charge in [0.2, 0.25) is 5.91 Å². The SMILES string of the molecule is CCCC1NC(CC)N(CCC2CCCCC2)C1=O. The number of hydrogen-bond donors (Lipinski definition) is 1. The van der Waals surface area contributed by atoms with E-state index in [1.54, 1.807) is 0 Å². The van der Waals surface area contributed by atoms with Gasteiger partial charge in [-0.15, -0.1) is 0 Å². The van der Waals surface area contributed by atoms with Gasteiger partial charge >= 0.3 is 0 Å². The molecule has 3 heteroatoms. The molecule has 2 rings (SSSR count). The van der Waals surface area contributed by atoms with E-state index in [9.17, 15) is 4.79 Å². The maximum atomic E-state index is 12.4. The maximum Gasteiger partial charge on any atom is 0.241 e. The van der Waals surface area contributed by atoms with Crippen molar-refractivity contribution in [2.45, 2.75) is 83.8 Å². The summed E-state index contributed by atoms with van der Waals surface area (Å²) in [5.41, 5.74) is 0. The van der Waals surface area contributed by atoms with Crippen LogP contribution in [-0.2, 0) is 4.79 Å². The van der Waals surface area contributed by atoms with Crippen LogP contribution >= 0.6 is 0 Å². The molecule has 1 amide bonds. The molecule has 0 radical (unpaired) electrons. The highest BCUT2D eigenvalue weighted by Gasteiger charge is 2.36. The molecule has 3 nitrogen and oxygen atoms in total. The number of nitrogens with one attached hydrogen (secondary N) is 1. The summed E-state index contributed by atoms with van der Waals surface area (Å²) in [6.07, 6.45) is 11.5. The number of rotatable bonds is 6. The molecule has 1 saturated heterocycles. The van der Waals surface area contributed by atoms with Gasteiger partial charge < -0.3 is 4.90 Å². The van der Waals surface area contributed by atoms with Gasteiger partial charge in [0.25, 0.3) is 0 Å². The summed E-state index contributed by atoms with van der Waals surface area (Å²) in [5, 5.41) is 3.51. The summed E-state index contributed by atoms with van der Waals surface area (Å²) < 4.78 is 0. The molecule has 1 heterocycles. The van der Waals surface area contributed by atoms with Gasteiger partial charge in [0.05, 0.1) is 12.2 Å². The van der Waals surface area contributed by atoms with Crippen LogP contribution in [0.2, 0.25) is 0 Å². The first kappa shape index (κ1) is 14.8. The van der Waals surface area contributed by atoms with E-state index in [4.69, 9.17) is 0 Å². The van der Waals surface area contributed by atoms with Crippen LogP contribution in [0.5, 0.6) is 0 Å². The molecule has 0 spiro atoms. The molecule has 1 N–H and O–H groups in total. The number of amides is 1. The first-order valence-corrected chi connectivity index (χ1v) is 8.32. The lowest BCUT2D eigenvalue weighted by Crippen LogP contribution is -2.38. The van der Waals surface area contributed by atoms with Crippen LogP contribution in [0.25, 0.3) is 0 Å². The van der Waals surface area contributed by atoms with E-state index in [1.165, 1.54) is 38.5 Å². The van der Waals surface area contributed by atoms with Crippen molar-refractivity contribution < 1.29 is 4.79 Å². The van der Waals surface area contributed by atoms with E-state index in [2.05, 4.69) is 24.1 Å². The van der Waals surface area contributed by atoms with Crippen LogP contribution in [-0.4, -0.2) is 29.6 Å². The molecular formula is C16H30N2O. The fourth-order valence-electron chi connectivity index (χ4n) is 3.64. The number of carbonyl (C=O) groups excluding carboxylic acids is 1. The van der Waals surface area contributed by atoms with Gasteiger partial charge in [-0.2, -0.15) is 0 Å². The van der Waals surface area contributed by atoms with E-state index in [1.807, 2.05) is 0 Å². The molecule has 0 bridgehead atoms. The van der Waals surface area contributed by atoms with Crippen LogP contribution in [0, 0.1) is 5.92 Å². The fraction of sp³-hybridized carbons (Fsp3) is 0.938. The van der Waals surface area contributed by atoms with Gasteiger partial charge in [-0.1, -0.05) is 52.4 Å². The van der Waals surface area contributed by atoms with Crippen LogP contribution in [0.3, 0.4) is 0 Å². The monoisotopic (exact) mass is 266 g/mol. The average Bonchev–Trinajstić information content (AvgIpc) is 2.74. The summed E-state index contributed by atoms with van der Waals surface area (Å²) in [6, 6.07) is 0.0845. The third kappa shape index (κ3) is 3.71. The molecule has 2 unspecified atom stereocenters. The number of hydrogen-bond acceptors (Lipinski definition) is 2. The zero-order valence-corrected chi connectivity index (χ0v) is 12.7. The Morgan fingerprint density at radius 2 is 1.89 bits per heavy atom. The molecule has 1 aliphatic heterocycles. The minimum atomic E-state index is 0.0845. The lowest BCUT2D eigenvalue weighted by molar-refractivity contribution is -0.130. The largest absolute Gasteiger partial charge is 0.326 e. The quantitative estimate of drug-likeness (QED) is 0.800. The second kappa shape index (κ2) is 7.28. The van der Waals surface area contributed by atoms with Crippen LogP contribution < -0.4 is 5.32 Å². The molecular weight excluding hydrogens is 236 g/mol. The molecule has 1 aliphatic carbocycles. The fourth-order valence-corrected chi connectivity index (χ4v) is 3.64. The van der Waals surface area contributed by atoms with Crippen LogP contribution in [0.1, 0.15) is 71.6 Å². The maximum absolute atomic E-state index is 12.4. The standard InChI is InChI=1S/C16H30N2O/c1-3-8-14-16(19)18(15(4-2)17-14)12-11-13-9-6-5-7-10-13/h13-15,17H,3-12H2,1-2H3. The lowest BCUT2D eigenvalue weighted by Gasteiger charge is -2.27. The first-order valence-electron chi connectivity index (χ1n) is 8.32. The summed E-state index contributed by atoms with van der Waals surface area (Å²) in [5.74, 6) is 1.22. The molecule has 2 fully saturated rings. The predicted molar refractivity (Wildman–Crippen MR) is 78.8 cm³/mol. The van der Waals surface area contributed by atoms with E-state index in [-0.39, 0.29) is 12.2 Å². The molecule has 0 aromatic heterocycles. The molecule has 1 saturated carbocycles. The van der Waals surface area contributed by atoms with Gasteiger partial charge in [-0.05, 0) is 25.2 Å². The van der Waals surface area contributed by atoms with E-state index in [0.717, 1.165) is 31.7 Å². The van der Waals surface area contributed by atoms with E-state index in [0.29, 0.717) is 5.91 Å².